The van der Waals surface area contributed by atoms with Crippen LogP contribution in [0.4, 0.5) is 13.2 Å². The van der Waals surface area contributed by atoms with E-state index in [1.54, 1.807) is 6.07 Å². The number of piperidine rings is 1. The van der Waals surface area contributed by atoms with Crippen molar-refractivity contribution in [2.45, 2.75) is 44.6 Å². The Labute approximate surface area is 156 Å². The minimum atomic E-state index is -4.72. The van der Waals surface area contributed by atoms with Gasteiger partial charge in [-0.3, -0.25) is 9.69 Å². The van der Waals surface area contributed by atoms with E-state index in [9.17, 15) is 18.0 Å². The second kappa shape index (κ2) is 7.19. The van der Waals surface area contributed by atoms with E-state index in [4.69, 9.17) is 0 Å². The van der Waals surface area contributed by atoms with Crippen LogP contribution < -0.4 is 4.74 Å². The van der Waals surface area contributed by atoms with Gasteiger partial charge in [-0.05, 0) is 49.9 Å². The van der Waals surface area contributed by atoms with Crippen molar-refractivity contribution in [3.63, 3.8) is 0 Å². The van der Waals surface area contributed by atoms with E-state index >= 15 is 0 Å². The van der Waals surface area contributed by atoms with Crippen molar-refractivity contribution < 1.29 is 22.7 Å². The zero-order valence-corrected chi connectivity index (χ0v) is 15.0. The van der Waals surface area contributed by atoms with E-state index in [1.165, 1.54) is 18.2 Å². The van der Waals surface area contributed by atoms with Crippen molar-refractivity contribution in [3.8, 4) is 5.75 Å². The maximum Gasteiger partial charge on any atom is 0.573 e. The molecule has 1 aromatic carbocycles. The topological polar surface area (TPSA) is 32.8 Å². The molecule has 0 aromatic heterocycles. The first kappa shape index (κ1) is 18.3. The lowest BCUT2D eigenvalue weighted by atomic mass is 9.86. The van der Waals surface area contributed by atoms with Gasteiger partial charge in [-0.1, -0.05) is 18.2 Å². The molecule has 1 aromatic rings. The highest BCUT2D eigenvalue weighted by Gasteiger charge is 2.38. The second-order valence-electron chi connectivity index (χ2n) is 7.62. The molecule has 1 amide bonds. The number of ether oxygens (including phenoxy) is 1. The number of benzene rings is 1. The van der Waals surface area contributed by atoms with Gasteiger partial charge >= 0.3 is 6.36 Å². The molecule has 27 heavy (non-hydrogen) atoms. The van der Waals surface area contributed by atoms with Crippen molar-refractivity contribution in [2.24, 2.45) is 5.92 Å². The Morgan fingerprint density at radius 1 is 1.26 bits per heavy atom. The van der Waals surface area contributed by atoms with Gasteiger partial charge in [-0.2, -0.15) is 0 Å². The number of hydrogen-bond acceptors (Lipinski definition) is 3. The summed E-state index contributed by atoms with van der Waals surface area (Å²) < 4.78 is 41.4. The number of halogens is 3. The maximum absolute atomic E-state index is 13.2. The predicted molar refractivity (Wildman–Crippen MR) is 93.9 cm³/mol. The summed E-state index contributed by atoms with van der Waals surface area (Å²) in [6, 6.07) is 6.11. The molecule has 0 radical (unpaired) electrons. The van der Waals surface area contributed by atoms with Crippen molar-refractivity contribution in [3.05, 3.63) is 41.5 Å². The highest BCUT2D eigenvalue weighted by molar-refractivity contribution is 5.94. The molecule has 146 valence electrons. The number of alkyl halides is 3. The van der Waals surface area contributed by atoms with Gasteiger partial charge in [0, 0.05) is 37.2 Å². The van der Waals surface area contributed by atoms with Crippen molar-refractivity contribution in [1.82, 2.24) is 9.80 Å². The van der Waals surface area contributed by atoms with Crippen LogP contribution >= 0.6 is 0 Å². The van der Waals surface area contributed by atoms with Crippen LogP contribution in [0.5, 0.6) is 5.75 Å². The quantitative estimate of drug-likeness (QED) is 0.780. The molecule has 4 nitrogen and oxygen atoms in total. The molecular formula is C20H23F3N2O2. The Bertz CT molecular complexity index is 743. The van der Waals surface area contributed by atoms with E-state index < -0.39 is 6.36 Å². The Morgan fingerprint density at radius 3 is 2.81 bits per heavy atom. The average Bonchev–Trinajstić information content (AvgIpc) is 3.43. The van der Waals surface area contributed by atoms with Crippen LogP contribution in [0.1, 0.15) is 31.2 Å². The standard InChI is InChI=1S/C20H23F3N2O2/c21-20(22,23)27-17-5-1-3-14(11-17)12-25(16-6-7-16)19(26)18-8-10-24-9-2-4-15(18)13-24/h1,3,5,8,11,15-16H,2,4,6-7,9-10,12-13H2. The second-order valence-corrected chi connectivity index (χ2v) is 7.62. The van der Waals surface area contributed by atoms with Crippen LogP contribution in [0.25, 0.3) is 0 Å². The third-order valence-corrected chi connectivity index (χ3v) is 5.50. The first-order valence-electron chi connectivity index (χ1n) is 9.47. The molecule has 1 aliphatic carbocycles. The van der Waals surface area contributed by atoms with Gasteiger partial charge in [0.2, 0.25) is 5.91 Å². The van der Waals surface area contributed by atoms with Crippen LogP contribution in [-0.2, 0) is 11.3 Å². The normalized spacial score (nSPS) is 24.9. The number of carbonyl (C=O) groups excluding carboxylic acids is 1. The number of nitrogens with zero attached hydrogens (tertiary/aromatic N) is 2. The first-order chi connectivity index (χ1) is 12.9. The fourth-order valence-corrected chi connectivity index (χ4v) is 4.09. The number of amides is 1. The van der Waals surface area contributed by atoms with E-state index in [1.807, 2.05) is 11.0 Å². The smallest absolute Gasteiger partial charge is 0.406 e. The van der Waals surface area contributed by atoms with Gasteiger partial charge in [0.05, 0.1) is 0 Å². The summed E-state index contributed by atoms with van der Waals surface area (Å²) in [6.45, 7) is 3.15. The van der Waals surface area contributed by atoms with E-state index in [2.05, 4.69) is 9.64 Å². The Kier molecular flexibility index (Phi) is 4.88. The molecule has 2 fully saturated rings. The molecule has 1 saturated heterocycles. The Hall–Kier alpha value is -2.02. The lowest BCUT2D eigenvalue weighted by Gasteiger charge is -2.38. The molecule has 0 N–H and O–H groups in total. The zero-order valence-electron chi connectivity index (χ0n) is 15.0. The van der Waals surface area contributed by atoms with Crippen LogP contribution in [0.15, 0.2) is 35.9 Å². The van der Waals surface area contributed by atoms with Gasteiger partial charge in [-0.15, -0.1) is 13.2 Å². The summed E-state index contributed by atoms with van der Waals surface area (Å²) in [5, 5.41) is 0. The summed E-state index contributed by atoms with van der Waals surface area (Å²) in [7, 11) is 0. The van der Waals surface area contributed by atoms with Crippen molar-refractivity contribution in [2.75, 3.05) is 19.6 Å². The molecule has 2 atom stereocenters. The number of hydrogen-bond donors (Lipinski definition) is 0. The molecule has 4 rings (SSSR count). The Balaban J connectivity index is 1.50. The molecule has 2 heterocycles. The molecule has 7 heteroatoms. The molecule has 2 unspecified atom stereocenters. The first-order valence-corrected chi connectivity index (χ1v) is 9.47. The minimum Gasteiger partial charge on any atom is -0.406 e. The summed E-state index contributed by atoms with van der Waals surface area (Å²) >= 11 is 0. The Morgan fingerprint density at radius 2 is 2.07 bits per heavy atom. The van der Waals surface area contributed by atoms with Gasteiger partial charge in [-0.25, -0.2) is 0 Å². The van der Waals surface area contributed by atoms with Crippen molar-refractivity contribution in [1.29, 1.82) is 0 Å². The van der Waals surface area contributed by atoms with Crippen LogP contribution in [-0.4, -0.2) is 47.7 Å². The lowest BCUT2D eigenvalue weighted by Crippen LogP contribution is -2.44. The van der Waals surface area contributed by atoms with Crippen LogP contribution in [0, 0.1) is 5.92 Å². The van der Waals surface area contributed by atoms with Gasteiger partial charge in [0.1, 0.15) is 5.75 Å². The molecule has 2 bridgehead atoms. The lowest BCUT2D eigenvalue weighted by molar-refractivity contribution is -0.274. The summed E-state index contributed by atoms with van der Waals surface area (Å²) in [5.74, 6) is 0.0790. The fourth-order valence-electron chi connectivity index (χ4n) is 4.09. The summed E-state index contributed by atoms with van der Waals surface area (Å²) in [4.78, 5) is 17.4. The predicted octanol–water partition coefficient (Wildman–Crippen LogP) is 3.73. The molecule has 1 saturated carbocycles. The fraction of sp³-hybridized carbons (Fsp3) is 0.550. The number of rotatable bonds is 5. The van der Waals surface area contributed by atoms with Crippen LogP contribution in [0.3, 0.4) is 0 Å². The highest BCUT2D eigenvalue weighted by atomic mass is 19.4. The highest BCUT2D eigenvalue weighted by Crippen LogP contribution is 2.34. The number of carbonyl (C=O) groups is 1. The van der Waals surface area contributed by atoms with E-state index in [-0.39, 0.29) is 23.6 Å². The summed E-state index contributed by atoms with van der Waals surface area (Å²) in [5.41, 5.74) is 1.54. The molecular weight excluding hydrogens is 357 g/mol. The van der Waals surface area contributed by atoms with Gasteiger partial charge in [0.25, 0.3) is 0 Å². The number of fused-ring (bicyclic) bond motifs is 2. The largest absolute Gasteiger partial charge is 0.573 e. The zero-order chi connectivity index (χ0) is 19.0. The van der Waals surface area contributed by atoms with Gasteiger partial charge in [0.15, 0.2) is 0 Å². The van der Waals surface area contributed by atoms with Crippen LogP contribution in [0.2, 0.25) is 0 Å². The third-order valence-electron chi connectivity index (χ3n) is 5.50. The maximum atomic E-state index is 13.2. The average molecular weight is 380 g/mol. The van der Waals surface area contributed by atoms with E-state index in [0.717, 1.165) is 50.9 Å². The third kappa shape index (κ3) is 4.46. The van der Waals surface area contributed by atoms with Crippen molar-refractivity contribution >= 4 is 5.91 Å². The SMILES string of the molecule is O=C(C1=CCN2CCCC1C2)N(Cc1cccc(OC(F)(F)F)c1)C1CC1. The van der Waals surface area contributed by atoms with E-state index in [0.29, 0.717) is 12.1 Å². The molecule has 0 spiro atoms. The molecule has 2 aliphatic heterocycles. The monoisotopic (exact) mass is 380 g/mol. The summed E-state index contributed by atoms with van der Waals surface area (Å²) in [6.07, 6.45) is 1.37. The van der Waals surface area contributed by atoms with Gasteiger partial charge < -0.3 is 9.64 Å². The minimum absolute atomic E-state index is 0.0474. The molecule has 3 aliphatic rings.